The second kappa shape index (κ2) is 9.12. The van der Waals surface area contributed by atoms with Crippen LogP contribution in [0.2, 0.25) is 4.34 Å². The summed E-state index contributed by atoms with van der Waals surface area (Å²) in [5, 5.41) is 3.06. The molecule has 0 aliphatic heterocycles. The van der Waals surface area contributed by atoms with E-state index in [4.69, 9.17) is 17.3 Å². The van der Waals surface area contributed by atoms with Gasteiger partial charge in [-0.05, 0) is 30.2 Å². The number of rotatable bonds is 7. The van der Waals surface area contributed by atoms with E-state index in [-0.39, 0.29) is 31.7 Å². The highest BCUT2D eigenvalue weighted by molar-refractivity contribution is 7.99. The topological polar surface area (TPSA) is 115 Å². The van der Waals surface area contributed by atoms with Gasteiger partial charge in [-0.2, -0.15) is 0 Å². The van der Waals surface area contributed by atoms with Gasteiger partial charge in [0.15, 0.2) is 5.16 Å². The third kappa shape index (κ3) is 5.08. The number of aryl methyl sites for hydroxylation is 1. The number of carbonyl (C=O) groups is 1. The highest BCUT2D eigenvalue weighted by Crippen LogP contribution is 2.32. The second-order valence-electron chi connectivity index (χ2n) is 5.81. The number of nitrogens with zero attached hydrogens (tertiary/aromatic N) is 2. The van der Waals surface area contributed by atoms with Crippen molar-refractivity contribution in [1.82, 2.24) is 9.97 Å². The summed E-state index contributed by atoms with van der Waals surface area (Å²) in [6.07, 6.45) is 1.95. The lowest BCUT2D eigenvalue weighted by atomic mass is 10.1. The van der Waals surface area contributed by atoms with Crippen LogP contribution in [0.3, 0.4) is 0 Å². The van der Waals surface area contributed by atoms with E-state index >= 15 is 0 Å². The molecular weight excluding hydrogens is 452 g/mol. The molecule has 11 heteroatoms. The summed E-state index contributed by atoms with van der Waals surface area (Å²) in [5.41, 5.74) is 7.64. The van der Waals surface area contributed by atoms with Gasteiger partial charge in [0.25, 0.3) is 0 Å². The van der Waals surface area contributed by atoms with Gasteiger partial charge >= 0.3 is 0 Å². The largest absolute Gasteiger partial charge is 0.382 e. The first kappa shape index (κ1) is 21.6. The number of sulfone groups is 1. The van der Waals surface area contributed by atoms with Crippen LogP contribution in [0.5, 0.6) is 0 Å². The van der Waals surface area contributed by atoms with Gasteiger partial charge in [-0.3, -0.25) is 4.79 Å². The first-order valence-electron chi connectivity index (χ1n) is 8.44. The fourth-order valence-electron chi connectivity index (χ4n) is 2.46. The van der Waals surface area contributed by atoms with Crippen LogP contribution in [0, 0.1) is 0 Å². The summed E-state index contributed by atoms with van der Waals surface area (Å²) in [6.45, 7) is 2.01. The predicted molar refractivity (Wildman–Crippen MR) is 116 cm³/mol. The number of para-hydroxylation sites is 1. The Kier molecular flexibility index (Phi) is 6.78. The van der Waals surface area contributed by atoms with Crippen molar-refractivity contribution in [2.75, 3.05) is 16.8 Å². The number of carbonyl (C=O) groups excluding carboxylic acids is 1. The summed E-state index contributed by atoms with van der Waals surface area (Å²) < 4.78 is 25.7. The molecule has 3 N–H and O–H groups in total. The highest BCUT2D eigenvalue weighted by atomic mass is 35.5. The molecule has 0 spiro atoms. The van der Waals surface area contributed by atoms with E-state index in [1.54, 1.807) is 0 Å². The molecule has 3 aromatic rings. The Balaban J connectivity index is 1.68. The molecule has 0 unspecified atom stereocenters. The maximum atomic E-state index is 12.6. The monoisotopic (exact) mass is 468 g/mol. The number of thiophene rings is 1. The zero-order valence-corrected chi connectivity index (χ0v) is 18.5. The summed E-state index contributed by atoms with van der Waals surface area (Å²) >= 11 is 7.81. The molecule has 0 aliphatic rings. The number of thioether (sulfide) groups is 1. The van der Waals surface area contributed by atoms with Crippen molar-refractivity contribution in [3.8, 4) is 0 Å². The molecule has 1 amide bonds. The minimum Gasteiger partial charge on any atom is -0.382 e. The number of halogens is 1. The predicted octanol–water partition coefficient (Wildman–Crippen LogP) is 3.90. The van der Waals surface area contributed by atoms with Crippen LogP contribution >= 0.6 is 34.7 Å². The van der Waals surface area contributed by atoms with Crippen LogP contribution in [0.15, 0.2) is 56.9 Å². The number of nitrogens with one attached hydrogen (secondary N) is 1. The number of benzene rings is 1. The van der Waals surface area contributed by atoms with Crippen molar-refractivity contribution in [2.45, 2.75) is 27.6 Å². The third-order valence-corrected chi connectivity index (χ3v) is 8.22. The summed E-state index contributed by atoms with van der Waals surface area (Å²) in [5.74, 6) is -0.337. The van der Waals surface area contributed by atoms with Gasteiger partial charge in [0.05, 0.1) is 16.3 Å². The lowest BCUT2D eigenvalue weighted by Crippen LogP contribution is -2.15. The third-order valence-electron chi connectivity index (χ3n) is 3.87. The fraction of sp³-hybridized carbons (Fsp3) is 0.167. The minimum atomic E-state index is -3.85. The average Bonchev–Trinajstić information content (AvgIpc) is 3.14. The van der Waals surface area contributed by atoms with Crippen molar-refractivity contribution in [3.05, 3.63) is 52.5 Å². The quantitative estimate of drug-likeness (QED) is 0.399. The molecule has 0 aliphatic carbocycles. The van der Waals surface area contributed by atoms with Crippen molar-refractivity contribution in [1.29, 1.82) is 0 Å². The summed E-state index contributed by atoms with van der Waals surface area (Å²) in [6, 6.07) is 10.5. The van der Waals surface area contributed by atoms with Crippen molar-refractivity contribution in [2.24, 2.45) is 0 Å². The van der Waals surface area contributed by atoms with Crippen molar-refractivity contribution >= 4 is 61.9 Å². The Labute approximate surface area is 181 Å². The Bertz CT molecular complexity index is 1150. The van der Waals surface area contributed by atoms with E-state index in [9.17, 15) is 13.2 Å². The van der Waals surface area contributed by atoms with Gasteiger partial charge < -0.3 is 11.1 Å². The Morgan fingerprint density at radius 3 is 2.69 bits per heavy atom. The molecule has 3 rings (SSSR count). The maximum Gasteiger partial charge on any atom is 0.234 e. The maximum absolute atomic E-state index is 12.6. The lowest BCUT2D eigenvalue weighted by Gasteiger charge is -2.09. The number of anilines is 2. The second-order valence-corrected chi connectivity index (χ2v) is 10.6. The normalized spacial score (nSPS) is 11.4. The molecule has 1 aromatic carbocycles. The Hall–Kier alpha value is -2.14. The first-order valence-corrected chi connectivity index (χ1v) is 12.1. The van der Waals surface area contributed by atoms with Crippen molar-refractivity contribution < 1.29 is 13.2 Å². The number of hydrogen-bond acceptors (Lipinski definition) is 8. The Morgan fingerprint density at radius 2 is 2.03 bits per heavy atom. The zero-order chi connectivity index (χ0) is 21.0. The number of hydrogen-bond donors (Lipinski definition) is 2. The molecular formula is C18H17ClN4O3S3. The van der Waals surface area contributed by atoms with Gasteiger partial charge in [-0.15, -0.1) is 11.3 Å². The first-order chi connectivity index (χ1) is 13.8. The van der Waals surface area contributed by atoms with Crippen LogP contribution in [-0.4, -0.2) is 30.0 Å². The van der Waals surface area contributed by atoms with Gasteiger partial charge in [-0.1, -0.05) is 48.5 Å². The number of nitrogen functional groups attached to an aromatic ring is 1. The average molecular weight is 469 g/mol. The van der Waals surface area contributed by atoms with Gasteiger partial charge in [0.1, 0.15) is 14.9 Å². The zero-order valence-electron chi connectivity index (χ0n) is 15.3. The van der Waals surface area contributed by atoms with Crippen molar-refractivity contribution in [3.63, 3.8) is 0 Å². The molecule has 29 heavy (non-hydrogen) atoms. The van der Waals surface area contributed by atoms with Gasteiger partial charge in [0, 0.05) is 5.69 Å². The SMILES string of the molecule is CCc1ccccc1NC(=O)CSc1ncc(S(=O)(=O)c2ccc(Cl)s2)c(N)n1. The number of nitrogens with two attached hydrogens (primary N) is 1. The van der Waals surface area contributed by atoms with Gasteiger partial charge in [-0.25, -0.2) is 18.4 Å². The molecule has 0 radical (unpaired) electrons. The van der Waals surface area contributed by atoms with E-state index in [1.807, 2.05) is 31.2 Å². The molecule has 0 fully saturated rings. The van der Waals surface area contributed by atoms with Crippen LogP contribution in [0.4, 0.5) is 11.5 Å². The van der Waals surface area contributed by atoms with Crippen LogP contribution < -0.4 is 11.1 Å². The smallest absolute Gasteiger partial charge is 0.234 e. The molecule has 0 saturated carbocycles. The van der Waals surface area contributed by atoms with E-state index in [1.165, 1.54) is 12.1 Å². The minimum absolute atomic E-state index is 0.0596. The van der Waals surface area contributed by atoms with Crippen LogP contribution in [0.1, 0.15) is 12.5 Å². The van der Waals surface area contributed by atoms with E-state index < -0.39 is 9.84 Å². The number of amides is 1. The molecule has 0 atom stereocenters. The Morgan fingerprint density at radius 1 is 1.28 bits per heavy atom. The molecule has 0 saturated heterocycles. The number of aromatic nitrogens is 2. The highest BCUT2D eigenvalue weighted by Gasteiger charge is 2.24. The standard InChI is InChI=1S/C18H17ClN4O3S3/c1-2-11-5-3-4-6-12(11)22-15(24)10-27-18-21-9-13(17(20)23-18)29(25,26)16-8-7-14(19)28-16/h3-9H,2,10H2,1H3,(H,22,24)(H2,20,21,23). The summed E-state index contributed by atoms with van der Waals surface area (Å²) in [4.78, 5) is 20.1. The molecule has 152 valence electrons. The molecule has 0 bridgehead atoms. The van der Waals surface area contributed by atoms with E-state index in [2.05, 4.69) is 15.3 Å². The van der Waals surface area contributed by atoms with Crippen LogP contribution in [-0.2, 0) is 21.1 Å². The lowest BCUT2D eigenvalue weighted by molar-refractivity contribution is -0.113. The molecule has 2 heterocycles. The fourth-order valence-corrected chi connectivity index (χ4v) is 5.95. The molecule has 2 aromatic heterocycles. The molecule has 7 nitrogen and oxygen atoms in total. The van der Waals surface area contributed by atoms with E-state index in [0.717, 1.165) is 47.0 Å². The van der Waals surface area contributed by atoms with Crippen LogP contribution in [0.25, 0.3) is 0 Å². The van der Waals surface area contributed by atoms with Gasteiger partial charge in [0.2, 0.25) is 15.7 Å². The van der Waals surface area contributed by atoms with E-state index in [0.29, 0.717) is 4.34 Å². The summed E-state index contributed by atoms with van der Waals surface area (Å²) in [7, 11) is -3.85.